The van der Waals surface area contributed by atoms with Gasteiger partial charge in [-0.15, -0.1) is 21.5 Å². The molecule has 0 spiro atoms. The maximum absolute atomic E-state index is 12.8. The van der Waals surface area contributed by atoms with E-state index in [4.69, 9.17) is 0 Å². The standard InChI is InChI=1S/C14H11F3N6OS/c1-8-7-25-13(18-8)19-11(24)6-23-21-12(20-22-23)9-3-2-4-10(5-9)14(15,16)17/h2-5,7H,6H2,1H3,(H,18,19,24). The first-order valence-corrected chi connectivity index (χ1v) is 7.86. The van der Waals surface area contributed by atoms with Crippen molar-refractivity contribution in [2.45, 2.75) is 19.6 Å². The van der Waals surface area contributed by atoms with Crippen LogP contribution < -0.4 is 5.32 Å². The summed E-state index contributed by atoms with van der Waals surface area (Å²) in [6.45, 7) is 1.57. The van der Waals surface area contributed by atoms with Gasteiger partial charge in [-0.3, -0.25) is 4.79 Å². The summed E-state index contributed by atoms with van der Waals surface area (Å²) in [5, 5.41) is 16.1. The van der Waals surface area contributed by atoms with Crippen molar-refractivity contribution in [1.82, 2.24) is 25.2 Å². The van der Waals surface area contributed by atoms with Crippen LogP contribution in [0.3, 0.4) is 0 Å². The number of alkyl halides is 3. The van der Waals surface area contributed by atoms with Gasteiger partial charge in [0.2, 0.25) is 11.7 Å². The molecule has 1 aromatic carbocycles. The number of aromatic nitrogens is 5. The Bertz CT molecular complexity index is 904. The van der Waals surface area contributed by atoms with E-state index in [1.807, 2.05) is 0 Å². The molecule has 0 bridgehead atoms. The summed E-state index contributed by atoms with van der Waals surface area (Å²) < 4.78 is 38.3. The van der Waals surface area contributed by atoms with Crippen LogP contribution in [0.1, 0.15) is 11.3 Å². The van der Waals surface area contributed by atoms with Gasteiger partial charge in [-0.2, -0.15) is 18.0 Å². The van der Waals surface area contributed by atoms with E-state index in [-0.39, 0.29) is 17.9 Å². The zero-order valence-corrected chi connectivity index (χ0v) is 13.6. The third-order valence-corrected chi connectivity index (χ3v) is 3.93. The average molecular weight is 368 g/mol. The van der Waals surface area contributed by atoms with Crippen molar-refractivity contribution in [2.75, 3.05) is 5.32 Å². The van der Waals surface area contributed by atoms with Crippen LogP contribution in [0.15, 0.2) is 29.6 Å². The van der Waals surface area contributed by atoms with Crippen LogP contribution in [0.2, 0.25) is 0 Å². The average Bonchev–Trinajstić information content (AvgIpc) is 3.16. The molecular weight excluding hydrogens is 357 g/mol. The lowest BCUT2D eigenvalue weighted by atomic mass is 10.1. The molecule has 0 aliphatic rings. The van der Waals surface area contributed by atoms with E-state index < -0.39 is 17.6 Å². The summed E-state index contributed by atoms with van der Waals surface area (Å²) in [5.74, 6) is -0.411. The minimum absolute atomic E-state index is 0.00370. The van der Waals surface area contributed by atoms with Gasteiger partial charge in [0.05, 0.1) is 11.3 Å². The van der Waals surface area contributed by atoms with Crippen molar-refractivity contribution in [3.05, 3.63) is 40.9 Å². The largest absolute Gasteiger partial charge is 0.416 e. The van der Waals surface area contributed by atoms with Gasteiger partial charge < -0.3 is 5.32 Å². The number of benzene rings is 1. The number of hydrogen-bond donors (Lipinski definition) is 1. The molecule has 2 aromatic heterocycles. The van der Waals surface area contributed by atoms with Crippen LogP contribution in [-0.2, 0) is 17.5 Å². The molecule has 3 aromatic rings. The maximum atomic E-state index is 12.8. The van der Waals surface area contributed by atoms with Gasteiger partial charge in [-0.25, -0.2) is 4.98 Å². The Morgan fingerprint density at radius 3 is 2.84 bits per heavy atom. The Kier molecular flexibility index (Phi) is 4.49. The summed E-state index contributed by atoms with van der Waals surface area (Å²) in [6, 6.07) is 4.59. The number of anilines is 1. The predicted molar refractivity (Wildman–Crippen MR) is 83.7 cm³/mol. The van der Waals surface area contributed by atoms with E-state index in [1.165, 1.54) is 23.5 Å². The first-order valence-electron chi connectivity index (χ1n) is 6.99. The van der Waals surface area contributed by atoms with Crippen molar-refractivity contribution in [3.8, 4) is 11.4 Å². The Morgan fingerprint density at radius 1 is 1.36 bits per heavy atom. The molecule has 0 aliphatic heterocycles. The maximum Gasteiger partial charge on any atom is 0.416 e. The molecule has 0 saturated carbocycles. The predicted octanol–water partition coefficient (Wildman–Crippen LogP) is 2.76. The zero-order valence-electron chi connectivity index (χ0n) is 12.8. The number of tetrazole rings is 1. The van der Waals surface area contributed by atoms with Gasteiger partial charge in [0.15, 0.2) is 5.13 Å². The number of rotatable bonds is 4. The molecule has 0 unspecified atom stereocenters. The third kappa shape index (κ3) is 4.18. The minimum atomic E-state index is -4.46. The lowest BCUT2D eigenvalue weighted by molar-refractivity contribution is -0.137. The monoisotopic (exact) mass is 368 g/mol. The molecule has 0 atom stereocenters. The molecule has 7 nitrogen and oxygen atoms in total. The van der Waals surface area contributed by atoms with Crippen LogP contribution in [0, 0.1) is 6.92 Å². The number of halogens is 3. The fourth-order valence-corrected chi connectivity index (χ4v) is 2.66. The lowest BCUT2D eigenvalue weighted by Crippen LogP contribution is -2.20. The van der Waals surface area contributed by atoms with Crippen molar-refractivity contribution >= 4 is 22.4 Å². The van der Waals surface area contributed by atoms with Crippen molar-refractivity contribution in [3.63, 3.8) is 0 Å². The van der Waals surface area contributed by atoms with Crippen LogP contribution >= 0.6 is 11.3 Å². The first-order chi connectivity index (χ1) is 11.8. The molecule has 0 saturated heterocycles. The van der Waals surface area contributed by atoms with Gasteiger partial charge in [-0.1, -0.05) is 12.1 Å². The Balaban J connectivity index is 1.71. The summed E-state index contributed by atoms with van der Waals surface area (Å²) in [5.41, 5.74) is 0.140. The molecule has 11 heteroatoms. The molecule has 25 heavy (non-hydrogen) atoms. The fourth-order valence-electron chi connectivity index (χ4n) is 1.96. The number of carbonyl (C=O) groups excluding carboxylic acids is 1. The quantitative estimate of drug-likeness (QED) is 0.765. The van der Waals surface area contributed by atoms with Crippen LogP contribution in [0.25, 0.3) is 11.4 Å². The molecule has 1 amide bonds. The highest BCUT2D eigenvalue weighted by Gasteiger charge is 2.30. The molecule has 0 fully saturated rings. The molecular formula is C14H11F3N6OS. The summed E-state index contributed by atoms with van der Waals surface area (Å²) in [6.07, 6.45) is -4.46. The van der Waals surface area contributed by atoms with Gasteiger partial charge in [0.1, 0.15) is 6.54 Å². The highest BCUT2D eigenvalue weighted by atomic mass is 32.1. The zero-order chi connectivity index (χ0) is 18.0. The third-order valence-electron chi connectivity index (χ3n) is 3.05. The van der Waals surface area contributed by atoms with E-state index in [0.29, 0.717) is 5.13 Å². The van der Waals surface area contributed by atoms with E-state index >= 15 is 0 Å². The number of carbonyl (C=O) groups is 1. The molecule has 0 radical (unpaired) electrons. The van der Waals surface area contributed by atoms with E-state index in [0.717, 1.165) is 22.6 Å². The van der Waals surface area contributed by atoms with E-state index in [9.17, 15) is 18.0 Å². The number of amides is 1. The molecule has 2 heterocycles. The van der Waals surface area contributed by atoms with Gasteiger partial charge in [0.25, 0.3) is 0 Å². The van der Waals surface area contributed by atoms with Gasteiger partial charge >= 0.3 is 6.18 Å². The van der Waals surface area contributed by atoms with Gasteiger partial charge in [0, 0.05) is 10.9 Å². The van der Waals surface area contributed by atoms with Crippen molar-refractivity contribution in [2.24, 2.45) is 0 Å². The molecule has 130 valence electrons. The second-order valence-electron chi connectivity index (χ2n) is 5.06. The number of aryl methyl sites for hydroxylation is 1. The second-order valence-corrected chi connectivity index (χ2v) is 5.92. The van der Waals surface area contributed by atoms with Crippen molar-refractivity contribution < 1.29 is 18.0 Å². The fraction of sp³-hybridized carbons (Fsp3) is 0.214. The molecule has 3 rings (SSSR count). The number of nitrogens with zero attached hydrogens (tertiary/aromatic N) is 5. The van der Waals surface area contributed by atoms with E-state index in [2.05, 4.69) is 25.7 Å². The Labute approximate surface area is 143 Å². The number of nitrogens with one attached hydrogen (secondary N) is 1. The number of hydrogen-bond acceptors (Lipinski definition) is 6. The topological polar surface area (TPSA) is 85.6 Å². The summed E-state index contributed by atoms with van der Waals surface area (Å²) in [4.78, 5) is 17.0. The SMILES string of the molecule is Cc1csc(NC(=O)Cn2nnc(-c3cccc(C(F)(F)F)c3)n2)n1. The van der Waals surface area contributed by atoms with Crippen molar-refractivity contribution in [1.29, 1.82) is 0 Å². The van der Waals surface area contributed by atoms with Crippen LogP contribution in [0.5, 0.6) is 0 Å². The highest BCUT2D eigenvalue weighted by molar-refractivity contribution is 7.13. The minimum Gasteiger partial charge on any atom is -0.300 e. The molecule has 0 aliphatic carbocycles. The Morgan fingerprint density at radius 2 is 2.16 bits per heavy atom. The number of thiazole rings is 1. The highest BCUT2D eigenvalue weighted by Crippen LogP contribution is 2.31. The van der Waals surface area contributed by atoms with Crippen LogP contribution in [0.4, 0.5) is 18.3 Å². The normalized spacial score (nSPS) is 11.5. The lowest BCUT2D eigenvalue weighted by Gasteiger charge is -2.06. The Hall–Kier alpha value is -2.82. The molecule has 1 N–H and O–H groups in total. The first kappa shape index (κ1) is 17.0. The van der Waals surface area contributed by atoms with E-state index in [1.54, 1.807) is 12.3 Å². The van der Waals surface area contributed by atoms with Crippen LogP contribution in [-0.4, -0.2) is 31.1 Å². The second kappa shape index (κ2) is 6.59. The summed E-state index contributed by atoms with van der Waals surface area (Å²) in [7, 11) is 0. The van der Waals surface area contributed by atoms with Gasteiger partial charge in [-0.05, 0) is 24.3 Å². The summed E-state index contributed by atoms with van der Waals surface area (Å²) >= 11 is 1.28. The smallest absolute Gasteiger partial charge is 0.300 e.